The quantitative estimate of drug-likeness (QED) is 0.182. The van der Waals surface area contributed by atoms with Gasteiger partial charge in [-0.2, -0.15) is 0 Å². The molecule has 0 radical (unpaired) electrons. The smallest absolute Gasteiger partial charge is 0.164 e. The van der Waals surface area contributed by atoms with Crippen molar-refractivity contribution < 1.29 is 18.1 Å². The van der Waals surface area contributed by atoms with Crippen LogP contribution >= 0.6 is 0 Å². The van der Waals surface area contributed by atoms with Gasteiger partial charge in [0.2, 0.25) is 0 Å². The van der Waals surface area contributed by atoms with E-state index in [-0.39, 0.29) is 33.7 Å². The van der Waals surface area contributed by atoms with Crippen LogP contribution in [-0.2, 0) is 0 Å². The number of rotatable bonds is 6. The second-order valence-corrected chi connectivity index (χ2v) is 11.3. The van der Waals surface area contributed by atoms with Crippen molar-refractivity contribution in [3.05, 3.63) is 176 Å². The van der Waals surface area contributed by atoms with Crippen molar-refractivity contribution in [2.24, 2.45) is 0 Å². The van der Waals surface area contributed by atoms with Gasteiger partial charge >= 0.3 is 0 Å². The predicted molar refractivity (Wildman–Crippen MR) is 200 cm³/mol. The first kappa shape index (κ1) is 19.9. The molecule has 4 heteroatoms. The molecule has 0 aliphatic rings. The van der Waals surface area contributed by atoms with Crippen LogP contribution in [0.4, 0.5) is 0 Å². The van der Waals surface area contributed by atoms with Gasteiger partial charge in [-0.15, -0.1) is 0 Å². The Kier molecular flexibility index (Phi) is 4.94. The third-order valence-electron chi connectivity index (χ3n) is 8.29. The van der Waals surface area contributed by atoms with Crippen LogP contribution in [0.5, 0.6) is 0 Å². The summed E-state index contributed by atoms with van der Waals surface area (Å²) in [6, 6.07) is 30.4. The molecule has 0 unspecified atom stereocenters. The molecule has 0 aliphatic carbocycles. The Balaban J connectivity index is 1.37. The molecule has 0 saturated heterocycles. The van der Waals surface area contributed by atoms with Crippen LogP contribution in [0.15, 0.2) is 180 Å². The first-order valence-electron chi connectivity index (χ1n) is 20.5. The van der Waals surface area contributed by atoms with E-state index < -0.39 is 60.4 Å². The summed E-state index contributed by atoms with van der Waals surface area (Å²) in [6.45, 7) is 0. The summed E-state index contributed by atoms with van der Waals surface area (Å²) in [4.78, 5) is 14.9. The minimum atomic E-state index is -0.581. The molecular weight excluding hydrogens is 599 g/mol. The van der Waals surface area contributed by atoms with Crippen LogP contribution in [-0.4, -0.2) is 15.0 Å². The minimum absolute atomic E-state index is 0.0718. The lowest BCUT2D eigenvalue weighted by molar-refractivity contribution is 0.670. The van der Waals surface area contributed by atoms with Gasteiger partial charge in [-0.1, -0.05) is 151 Å². The Labute approximate surface area is 298 Å². The van der Waals surface area contributed by atoms with E-state index in [0.717, 1.165) is 22.3 Å². The number of furan rings is 1. The molecule has 0 saturated carbocycles. The molecule has 0 aliphatic heterocycles. The van der Waals surface area contributed by atoms with E-state index in [2.05, 4.69) is 0 Å². The van der Waals surface area contributed by atoms with Crippen molar-refractivity contribution in [1.82, 2.24) is 15.0 Å². The lowest BCUT2D eigenvalue weighted by Crippen LogP contribution is -2.00. The highest BCUT2D eigenvalue weighted by atomic mass is 16.3. The molecule has 49 heavy (non-hydrogen) atoms. The van der Waals surface area contributed by atoms with Gasteiger partial charge in [-0.05, 0) is 52.1 Å². The molecule has 7 aromatic carbocycles. The van der Waals surface area contributed by atoms with E-state index in [0.29, 0.717) is 33.6 Å². The van der Waals surface area contributed by atoms with Crippen molar-refractivity contribution in [3.8, 4) is 67.5 Å². The second-order valence-electron chi connectivity index (χ2n) is 11.3. The Hall–Kier alpha value is -6.65. The number of hydrogen-bond donors (Lipinski definition) is 0. The van der Waals surface area contributed by atoms with Crippen molar-refractivity contribution >= 4 is 21.9 Å². The van der Waals surface area contributed by atoms with Gasteiger partial charge in [0.05, 0.1) is 13.7 Å². The summed E-state index contributed by atoms with van der Waals surface area (Å²) in [6.07, 6.45) is 0. The number of fused-ring (bicyclic) bond motifs is 3. The van der Waals surface area contributed by atoms with E-state index in [4.69, 9.17) is 33.1 Å². The summed E-state index contributed by atoms with van der Waals surface area (Å²) in [5.41, 5.74) is 4.38. The maximum absolute atomic E-state index is 8.90. The van der Waals surface area contributed by atoms with Gasteiger partial charge in [-0.25, -0.2) is 15.0 Å². The summed E-state index contributed by atoms with van der Waals surface area (Å²) in [5.74, 6) is 1.08. The highest BCUT2D eigenvalue weighted by molar-refractivity contribution is 6.16. The summed E-state index contributed by atoms with van der Waals surface area (Å²) < 4.78 is 92.2. The Bertz CT molecular complexity index is 3120. The van der Waals surface area contributed by atoms with E-state index >= 15 is 0 Å². The predicted octanol–water partition coefficient (Wildman–Crippen LogP) is 11.8. The maximum Gasteiger partial charge on any atom is 0.164 e. The first-order chi connectivity index (χ1) is 28.4. The summed E-state index contributed by atoms with van der Waals surface area (Å²) in [5, 5.41) is 0.857. The van der Waals surface area contributed by atoms with Gasteiger partial charge in [0.25, 0.3) is 0 Å². The van der Waals surface area contributed by atoms with Gasteiger partial charge < -0.3 is 4.42 Å². The maximum atomic E-state index is 8.90. The van der Waals surface area contributed by atoms with Crippen LogP contribution in [0, 0.1) is 0 Å². The minimum Gasteiger partial charge on any atom is -0.455 e. The zero-order valence-corrected chi connectivity index (χ0v) is 25.7. The number of nitrogens with zero attached hydrogens (tertiary/aromatic N) is 3. The van der Waals surface area contributed by atoms with Crippen LogP contribution in [0.2, 0.25) is 0 Å². The largest absolute Gasteiger partial charge is 0.455 e. The topological polar surface area (TPSA) is 51.8 Å². The van der Waals surface area contributed by atoms with Crippen LogP contribution < -0.4 is 0 Å². The third kappa shape index (κ3) is 5.35. The van der Waals surface area contributed by atoms with Gasteiger partial charge in [0.15, 0.2) is 17.5 Å². The normalized spacial score (nSPS) is 14.1. The molecule has 0 fully saturated rings. The van der Waals surface area contributed by atoms with Gasteiger partial charge in [0, 0.05) is 33.0 Å². The SMILES string of the molecule is [2H]c1c([2H])c([2H])c(-c2cc(-c3c([2H])c([2H])c([2H])c([2H])c3[2H])c3oc4cccc(-c5nc(-c6ccccc6)nc(-c6cccc(-c7ccccc7)c6)n5)c4c3c2)c([2H])c1[2H]. The summed E-state index contributed by atoms with van der Waals surface area (Å²) >= 11 is 0. The molecule has 9 aromatic rings. The molecule has 0 atom stereocenters. The summed E-state index contributed by atoms with van der Waals surface area (Å²) in [7, 11) is 0. The fraction of sp³-hybridized carbons (Fsp3) is 0. The van der Waals surface area contributed by atoms with Crippen molar-refractivity contribution in [3.63, 3.8) is 0 Å². The number of hydrogen-bond acceptors (Lipinski definition) is 4. The molecule has 2 heterocycles. The monoisotopic (exact) mass is 637 g/mol. The van der Waals surface area contributed by atoms with Crippen LogP contribution in [0.3, 0.4) is 0 Å². The van der Waals surface area contributed by atoms with Crippen molar-refractivity contribution in [1.29, 1.82) is 0 Å². The highest BCUT2D eigenvalue weighted by Crippen LogP contribution is 2.43. The number of benzene rings is 7. The van der Waals surface area contributed by atoms with Crippen molar-refractivity contribution in [2.75, 3.05) is 0 Å². The Morgan fingerprint density at radius 3 is 1.73 bits per heavy atom. The van der Waals surface area contributed by atoms with E-state index in [1.54, 1.807) is 18.2 Å². The average Bonchev–Trinajstić information content (AvgIpc) is 3.66. The zero-order chi connectivity index (χ0) is 41.3. The molecule has 0 bridgehead atoms. The average molecular weight is 638 g/mol. The Morgan fingerprint density at radius 2 is 1.00 bits per heavy atom. The zero-order valence-electron chi connectivity index (χ0n) is 35.7. The van der Waals surface area contributed by atoms with E-state index in [1.165, 1.54) is 6.07 Å². The van der Waals surface area contributed by atoms with Gasteiger partial charge in [-0.3, -0.25) is 0 Å². The van der Waals surface area contributed by atoms with Crippen molar-refractivity contribution in [2.45, 2.75) is 0 Å². The van der Waals surface area contributed by atoms with Crippen LogP contribution in [0.25, 0.3) is 89.5 Å². The third-order valence-corrected chi connectivity index (χ3v) is 8.29. The Morgan fingerprint density at radius 1 is 0.408 bits per heavy atom. The molecule has 2 aromatic heterocycles. The lowest BCUT2D eigenvalue weighted by atomic mass is 9.95. The molecular formula is C45H29N3O. The standard InChI is InChI=1S/C45H29N3O/c1-5-15-30(16-6-1)34-23-13-24-35(27-34)44-46-43(33-21-11-4-12-22-33)47-45(48-44)37-25-14-26-40-41(37)39-29-36(31-17-7-2-8-18-31)28-38(42(39)49-40)32-19-9-3-10-20-32/h1-29H/i2D,3D,7D,8D,9D,10D,17D,18D,19D,20D. The highest BCUT2D eigenvalue weighted by Gasteiger charge is 2.21. The fourth-order valence-electron chi connectivity index (χ4n) is 6.03. The molecule has 0 N–H and O–H groups in total. The van der Waals surface area contributed by atoms with Gasteiger partial charge in [0.1, 0.15) is 11.2 Å². The second kappa shape index (κ2) is 12.2. The fourth-order valence-corrected chi connectivity index (χ4v) is 6.03. The van der Waals surface area contributed by atoms with Crippen LogP contribution in [0.1, 0.15) is 13.7 Å². The molecule has 4 nitrogen and oxygen atoms in total. The molecule has 0 amide bonds. The lowest BCUT2D eigenvalue weighted by Gasteiger charge is -2.11. The van der Waals surface area contributed by atoms with E-state index in [9.17, 15) is 0 Å². The number of aromatic nitrogens is 3. The van der Waals surface area contributed by atoms with E-state index in [1.807, 2.05) is 91.0 Å². The first-order valence-corrected chi connectivity index (χ1v) is 15.5. The molecule has 9 rings (SSSR count). The molecule has 0 spiro atoms. The molecule has 230 valence electrons.